The molecule has 1 aromatic heterocycles. The van der Waals surface area contributed by atoms with E-state index in [0.29, 0.717) is 20.2 Å². The quantitative estimate of drug-likeness (QED) is 0.350. The Labute approximate surface area is 144 Å². The van der Waals surface area contributed by atoms with Crippen LogP contribution in [0.2, 0.25) is 0 Å². The van der Waals surface area contributed by atoms with E-state index in [9.17, 15) is 10.1 Å². The molecule has 0 fully saturated rings. The summed E-state index contributed by atoms with van der Waals surface area (Å²) in [6.07, 6.45) is 0. The maximum atomic E-state index is 10.8. The van der Waals surface area contributed by atoms with E-state index in [2.05, 4.69) is 31.8 Å². The van der Waals surface area contributed by atoms with E-state index < -0.39 is 4.92 Å². The Morgan fingerprint density at radius 2 is 2.09 bits per heavy atom. The summed E-state index contributed by atoms with van der Waals surface area (Å²) < 4.78 is 0.442. The molecule has 0 aliphatic heterocycles. The van der Waals surface area contributed by atoms with Crippen molar-refractivity contribution in [2.75, 3.05) is 5.32 Å². The number of nitro groups is 1. The first-order chi connectivity index (χ1) is 10.5. The van der Waals surface area contributed by atoms with Gasteiger partial charge in [-0.1, -0.05) is 29.5 Å². The molecular formula is C13H11BrN4O2S2. The highest BCUT2D eigenvalue weighted by Crippen LogP contribution is 2.34. The number of thiophene rings is 1. The second-order valence-corrected chi connectivity index (χ2v) is 6.44. The van der Waals surface area contributed by atoms with Crippen LogP contribution in [0.4, 0.5) is 10.7 Å². The van der Waals surface area contributed by atoms with Gasteiger partial charge >= 0.3 is 5.00 Å². The highest BCUT2D eigenvalue weighted by molar-refractivity contribution is 9.10. The van der Waals surface area contributed by atoms with E-state index in [0.717, 1.165) is 17.0 Å². The Morgan fingerprint density at radius 1 is 1.41 bits per heavy atom. The van der Waals surface area contributed by atoms with Gasteiger partial charge in [0.15, 0.2) is 5.11 Å². The standard InChI is InChI=1S/C13H11BrN4O2S2/c1-8(11-7-10(14)12(22-11)18(19)20)16-17-13(21)15-9-5-3-2-4-6-9/h2-7H,1H3,(H2,15,17,21)/b16-8+. The lowest BCUT2D eigenvalue weighted by Gasteiger charge is -2.07. The van der Waals surface area contributed by atoms with Gasteiger partial charge in [-0.15, -0.1) is 0 Å². The molecule has 1 heterocycles. The van der Waals surface area contributed by atoms with Gasteiger partial charge in [0, 0.05) is 5.69 Å². The van der Waals surface area contributed by atoms with Gasteiger partial charge in [-0.05, 0) is 53.3 Å². The van der Waals surface area contributed by atoms with Gasteiger partial charge in [0.1, 0.15) is 4.47 Å². The predicted molar refractivity (Wildman–Crippen MR) is 96.7 cm³/mol. The summed E-state index contributed by atoms with van der Waals surface area (Å²) in [6, 6.07) is 11.1. The molecule has 0 amide bonds. The van der Waals surface area contributed by atoms with Crippen LogP contribution in [0.15, 0.2) is 46.0 Å². The van der Waals surface area contributed by atoms with Crippen molar-refractivity contribution in [1.82, 2.24) is 5.43 Å². The fourth-order valence-electron chi connectivity index (χ4n) is 1.53. The normalized spacial score (nSPS) is 11.1. The van der Waals surface area contributed by atoms with Crippen LogP contribution >= 0.6 is 39.5 Å². The molecule has 0 saturated heterocycles. The summed E-state index contributed by atoms with van der Waals surface area (Å²) in [5.41, 5.74) is 4.17. The van der Waals surface area contributed by atoms with Crippen LogP contribution < -0.4 is 10.7 Å². The predicted octanol–water partition coefficient (Wildman–Crippen LogP) is 4.13. The number of thiocarbonyl (C=S) groups is 1. The largest absolute Gasteiger partial charge is 0.338 e. The molecule has 1 aromatic carbocycles. The monoisotopic (exact) mass is 398 g/mol. The third-order valence-corrected chi connectivity index (χ3v) is 4.80. The number of para-hydroxylation sites is 1. The van der Waals surface area contributed by atoms with E-state index in [1.165, 1.54) is 0 Å². The van der Waals surface area contributed by atoms with E-state index >= 15 is 0 Å². The Bertz CT molecular complexity index is 731. The van der Waals surface area contributed by atoms with Crippen molar-refractivity contribution >= 4 is 61.0 Å². The van der Waals surface area contributed by atoms with Gasteiger partial charge in [-0.3, -0.25) is 15.5 Å². The number of benzene rings is 1. The van der Waals surface area contributed by atoms with Crippen molar-refractivity contribution in [2.45, 2.75) is 6.92 Å². The Hall–Kier alpha value is -1.84. The molecule has 2 aromatic rings. The van der Waals surface area contributed by atoms with Gasteiger partial charge < -0.3 is 5.32 Å². The number of hydrogen-bond acceptors (Lipinski definition) is 5. The van der Waals surface area contributed by atoms with Crippen LogP contribution in [0.3, 0.4) is 0 Å². The van der Waals surface area contributed by atoms with E-state index in [1.807, 2.05) is 30.3 Å². The fourth-order valence-corrected chi connectivity index (χ4v) is 3.27. The minimum Gasteiger partial charge on any atom is -0.331 e. The minimum absolute atomic E-state index is 0.0505. The van der Waals surface area contributed by atoms with Gasteiger partial charge in [0.25, 0.3) is 0 Å². The van der Waals surface area contributed by atoms with Crippen LogP contribution in [-0.2, 0) is 0 Å². The highest BCUT2D eigenvalue weighted by Gasteiger charge is 2.18. The van der Waals surface area contributed by atoms with Gasteiger partial charge in [0.2, 0.25) is 0 Å². The molecule has 0 aliphatic carbocycles. The summed E-state index contributed by atoms with van der Waals surface area (Å²) in [5, 5.41) is 18.3. The lowest BCUT2D eigenvalue weighted by Crippen LogP contribution is -2.24. The zero-order chi connectivity index (χ0) is 16.1. The molecule has 0 saturated carbocycles. The summed E-state index contributed by atoms with van der Waals surface area (Å²) in [4.78, 5) is 11.1. The number of nitrogens with zero attached hydrogens (tertiary/aromatic N) is 2. The molecule has 9 heteroatoms. The minimum atomic E-state index is -0.430. The van der Waals surface area contributed by atoms with Crippen LogP contribution in [0, 0.1) is 10.1 Å². The molecule has 0 unspecified atom stereocenters. The van der Waals surface area contributed by atoms with Crippen molar-refractivity contribution in [1.29, 1.82) is 0 Å². The Balaban J connectivity index is 2.02. The van der Waals surface area contributed by atoms with E-state index in [-0.39, 0.29) is 5.00 Å². The number of hydrazone groups is 1. The summed E-state index contributed by atoms with van der Waals surface area (Å²) >= 11 is 9.35. The first-order valence-corrected chi connectivity index (χ1v) is 8.09. The van der Waals surface area contributed by atoms with Crippen LogP contribution in [0.25, 0.3) is 0 Å². The highest BCUT2D eigenvalue weighted by atomic mass is 79.9. The third kappa shape index (κ3) is 4.33. The summed E-state index contributed by atoms with van der Waals surface area (Å²) in [5.74, 6) is 0. The second-order valence-electron chi connectivity index (χ2n) is 4.15. The van der Waals surface area contributed by atoms with Crippen molar-refractivity contribution in [3.8, 4) is 0 Å². The first kappa shape index (κ1) is 16.5. The van der Waals surface area contributed by atoms with Crippen LogP contribution in [0.1, 0.15) is 11.8 Å². The molecule has 0 atom stereocenters. The van der Waals surface area contributed by atoms with E-state index in [1.54, 1.807) is 13.0 Å². The Morgan fingerprint density at radius 3 is 2.68 bits per heavy atom. The molecular weight excluding hydrogens is 388 g/mol. The zero-order valence-electron chi connectivity index (χ0n) is 11.4. The van der Waals surface area contributed by atoms with Crippen molar-refractivity contribution in [2.24, 2.45) is 5.10 Å². The first-order valence-electron chi connectivity index (χ1n) is 6.08. The summed E-state index contributed by atoms with van der Waals surface area (Å²) in [7, 11) is 0. The van der Waals surface area contributed by atoms with Gasteiger partial charge in [-0.25, -0.2) is 0 Å². The molecule has 114 valence electrons. The Kier molecular flexibility index (Phi) is 5.58. The van der Waals surface area contributed by atoms with Crippen LogP contribution in [-0.4, -0.2) is 15.7 Å². The molecule has 0 aliphatic rings. The molecule has 0 spiro atoms. The number of rotatable bonds is 4. The molecule has 0 bridgehead atoms. The number of anilines is 1. The molecule has 0 radical (unpaired) electrons. The van der Waals surface area contributed by atoms with Gasteiger partial charge in [0.05, 0.1) is 15.5 Å². The molecule has 6 nitrogen and oxygen atoms in total. The fraction of sp³-hybridized carbons (Fsp3) is 0.0769. The lowest BCUT2D eigenvalue weighted by atomic mass is 10.3. The second kappa shape index (κ2) is 7.43. The lowest BCUT2D eigenvalue weighted by molar-refractivity contribution is -0.380. The van der Waals surface area contributed by atoms with E-state index in [4.69, 9.17) is 12.2 Å². The molecule has 2 N–H and O–H groups in total. The number of hydrogen-bond donors (Lipinski definition) is 2. The maximum Gasteiger partial charge on any atom is 0.338 e. The van der Waals surface area contributed by atoms with Crippen molar-refractivity contribution < 1.29 is 4.92 Å². The topological polar surface area (TPSA) is 79.6 Å². The molecule has 22 heavy (non-hydrogen) atoms. The van der Waals surface area contributed by atoms with Crippen LogP contribution in [0.5, 0.6) is 0 Å². The number of halogens is 1. The van der Waals surface area contributed by atoms with Crippen molar-refractivity contribution in [3.63, 3.8) is 0 Å². The third-order valence-electron chi connectivity index (χ3n) is 2.55. The van der Waals surface area contributed by atoms with Crippen molar-refractivity contribution in [3.05, 3.63) is 55.9 Å². The van der Waals surface area contributed by atoms with Gasteiger partial charge in [-0.2, -0.15) is 5.10 Å². The maximum absolute atomic E-state index is 10.8. The average Bonchev–Trinajstić information content (AvgIpc) is 2.88. The number of nitrogens with one attached hydrogen (secondary N) is 2. The summed E-state index contributed by atoms with van der Waals surface area (Å²) in [6.45, 7) is 1.75. The molecule has 2 rings (SSSR count). The smallest absolute Gasteiger partial charge is 0.331 e. The average molecular weight is 399 g/mol. The zero-order valence-corrected chi connectivity index (χ0v) is 14.6. The SMILES string of the molecule is C/C(=N\NC(=S)Nc1ccccc1)c1cc(Br)c([N+](=O)[O-])s1.